The molecule has 2 N–H and O–H groups in total. The molecule has 0 saturated heterocycles. The van der Waals surface area contributed by atoms with Crippen molar-refractivity contribution < 1.29 is 9.57 Å². The molecule has 15 heavy (non-hydrogen) atoms. The van der Waals surface area contributed by atoms with E-state index in [1.807, 2.05) is 0 Å². The molecule has 0 spiro atoms. The largest absolute Gasteiger partial charge is 0.449 e. The first-order valence-electron chi connectivity index (χ1n) is 4.17. The zero-order valence-electron chi connectivity index (χ0n) is 7.60. The normalized spacial score (nSPS) is 10.2. The smallest absolute Gasteiger partial charge is 0.278 e. The van der Waals surface area contributed by atoms with Crippen LogP contribution in [0.4, 0.5) is 0 Å². The van der Waals surface area contributed by atoms with Gasteiger partial charge >= 0.3 is 0 Å². The van der Waals surface area contributed by atoms with E-state index < -0.39 is 10.9 Å². The summed E-state index contributed by atoms with van der Waals surface area (Å²) < 4.78 is 5.14. The van der Waals surface area contributed by atoms with Crippen molar-refractivity contribution in [3.63, 3.8) is 0 Å². The SMILES string of the molecule is NOc1c(Oc2ccccc2)c(=O)c1=O. The Hall–Kier alpha value is -2.14. The highest BCUT2D eigenvalue weighted by molar-refractivity contribution is 5.48. The van der Waals surface area contributed by atoms with Crippen molar-refractivity contribution in [2.45, 2.75) is 0 Å². The lowest BCUT2D eigenvalue weighted by Crippen LogP contribution is -2.34. The van der Waals surface area contributed by atoms with Gasteiger partial charge in [0, 0.05) is 0 Å². The third-order valence-corrected chi connectivity index (χ3v) is 1.91. The highest BCUT2D eigenvalue weighted by Crippen LogP contribution is 2.25. The molecular weight excluding hydrogens is 198 g/mol. The average Bonchev–Trinajstić information content (AvgIpc) is 2.29. The summed E-state index contributed by atoms with van der Waals surface area (Å²) in [5.74, 6) is 4.89. The minimum absolute atomic E-state index is 0.145. The van der Waals surface area contributed by atoms with Gasteiger partial charge in [0.15, 0.2) is 0 Å². The van der Waals surface area contributed by atoms with Gasteiger partial charge in [-0.2, -0.15) is 5.90 Å². The van der Waals surface area contributed by atoms with Crippen LogP contribution in [0.5, 0.6) is 17.2 Å². The van der Waals surface area contributed by atoms with Crippen LogP contribution < -0.4 is 26.3 Å². The Morgan fingerprint density at radius 1 is 0.933 bits per heavy atom. The molecule has 0 saturated carbocycles. The van der Waals surface area contributed by atoms with Crippen molar-refractivity contribution in [3.05, 3.63) is 50.8 Å². The van der Waals surface area contributed by atoms with E-state index in [1.54, 1.807) is 30.3 Å². The summed E-state index contributed by atoms with van der Waals surface area (Å²) in [7, 11) is 0. The predicted molar refractivity (Wildman–Crippen MR) is 52.7 cm³/mol. The van der Waals surface area contributed by atoms with E-state index in [4.69, 9.17) is 10.6 Å². The maximum absolute atomic E-state index is 11.1. The zero-order valence-corrected chi connectivity index (χ0v) is 7.60. The molecule has 0 atom stereocenters. The fourth-order valence-corrected chi connectivity index (χ4v) is 1.16. The van der Waals surface area contributed by atoms with Gasteiger partial charge in [-0.1, -0.05) is 18.2 Å². The van der Waals surface area contributed by atoms with Gasteiger partial charge < -0.3 is 9.57 Å². The summed E-state index contributed by atoms with van der Waals surface area (Å²) in [6.07, 6.45) is 0. The Morgan fingerprint density at radius 3 is 2.13 bits per heavy atom. The average molecular weight is 205 g/mol. The fourth-order valence-electron chi connectivity index (χ4n) is 1.16. The molecule has 0 heterocycles. The number of hydrogen-bond donors (Lipinski definition) is 1. The molecule has 0 unspecified atom stereocenters. The minimum Gasteiger partial charge on any atom is -0.449 e. The quantitative estimate of drug-likeness (QED) is 0.577. The predicted octanol–water partition coefficient (Wildman–Crippen LogP) is 0.327. The second-order valence-electron chi connectivity index (χ2n) is 2.85. The fraction of sp³-hybridized carbons (Fsp3) is 0. The summed E-state index contributed by atoms with van der Waals surface area (Å²) in [4.78, 5) is 26.2. The van der Waals surface area contributed by atoms with Crippen molar-refractivity contribution >= 4 is 0 Å². The second-order valence-corrected chi connectivity index (χ2v) is 2.85. The minimum atomic E-state index is -0.761. The monoisotopic (exact) mass is 205 g/mol. The molecule has 0 aliphatic rings. The first-order chi connectivity index (χ1) is 7.24. The summed E-state index contributed by atoms with van der Waals surface area (Å²) in [6, 6.07) is 8.58. The Labute approximate surface area is 84.3 Å². The summed E-state index contributed by atoms with van der Waals surface area (Å²) in [6.45, 7) is 0. The molecule has 5 nitrogen and oxygen atoms in total. The van der Waals surface area contributed by atoms with Gasteiger partial charge in [0.1, 0.15) is 5.75 Å². The number of benzene rings is 1. The van der Waals surface area contributed by atoms with E-state index in [2.05, 4.69) is 4.84 Å². The lowest BCUT2D eigenvalue weighted by molar-refractivity contribution is 0.304. The van der Waals surface area contributed by atoms with E-state index in [9.17, 15) is 9.59 Å². The molecule has 0 fully saturated rings. The first kappa shape index (κ1) is 9.42. The van der Waals surface area contributed by atoms with Crippen LogP contribution in [0.1, 0.15) is 0 Å². The van der Waals surface area contributed by atoms with Gasteiger partial charge in [-0.25, -0.2) is 0 Å². The molecule has 2 aromatic carbocycles. The van der Waals surface area contributed by atoms with Crippen molar-refractivity contribution in [2.24, 2.45) is 5.90 Å². The van der Waals surface area contributed by atoms with Crippen LogP contribution in [0, 0.1) is 0 Å². The van der Waals surface area contributed by atoms with Crippen LogP contribution >= 0.6 is 0 Å². The van der Waals surface area contributed by atoms with Crippen molar-refractivity contribution in [1.82, 2.24) is 0 Å². The Kier molecular flexibility index (Phi) is 2.23. The molecule has 0 aromatic heterocycles. The van der Waals surface area contributed by atoms with Gasteiger partial charge in [-0.15, -0.1) is 0 Å². The molecular formula is C10H7NO4. The van der Waals surface area contributed by atoms with Crippen LogP contribution in [0.2, 0.25) is 0 Å². The molecule has 0 aliphatic carbocycles. The van der Waals surface area contributed by atoms with E-state index in [-0.39, 0.29) is 11.5 Å². The standard InChI is InChI=1S/C10H7NO4/c11-15-10-8(13)7(12)9(10)14-6-4-2-1-3-5-6/h1-5H,11H2. The molecule has 0 bridgehead atoms. The van der Waals surface area contributed by atoms with Gasteiger partial charge in [0.25, 0.3) is 10.9 Å². The molecule has 2 rings (SSSR count). The number of para-hydroxylation sites is 1. The molecule has 0 aliphatic heterocycles. The summed E-state index contributed by atoms with van der Waals surface area (Å²) in [5.41, 5.74) is -1.48. The Morgan fingerprint density at radius 2 is 1.53 bits per heavy atom. The molecule has 0 amide bonds. The lowest BCUT2D eigenvalue weighted by atomic mass is 10.2. The Bertz CT molecular complexity index is 540. The van der Waals surface area contributed by atoms with Gasteiger partial charge in [-0.05, 0) is 12.1 Å². The molecule has 2 aromatic rings. The summed E-state index contributed by atoms with van der Waals surface area (Å²) >= 11 is 0. The number of nitrogens with two attached hydrogens (primary N) is 1. The zero-order chi connectivity index (χ0) is 10.8. The second kappa shape index (κ2) is 3.55. The van der Waals surface area contributed by atoms with Crippen molar-refractivity contribution in [1.29, 1.82) is 0 Å². The first-order valence-corrected chi connectivity index (χ1v) is 4.17. The maximum Gasteiger partial charge on any atom is 0.278 e. The van der Waals surface area contributed by atoms with Crippen LogP contribution in [-0.2, 0) is 0 Å². The van der Waals surface area contributed by atoms with Crippen LogP contribution in [0.3, 0.4) is 0 Å². The van der Waals surface area contributed by atoms with E-state index in [1.165, 1.54) is 0 Å². The third kappa shape index (κ3) is 1.49. The Balaban J connectivity index is 2.30. The van der Waals surface area contributed by atoms with Crippen LogP contribution in [0.25, 0.3) is 0 Å². The number of rotatable bonds is 3. The van der Waals surface area contributed by atoms with E-state index in [0.29, 0.717) is 5.75 Å². The van der Waals surface area contributed by atoms with E-state index in [0.717, 1.165) is 0 Å². The highest BCUT2D eigenvalue weighted by atomic mass is 16.6. The van der Waals surface area contributed by atoms with Crippen LogP contribution in [-0.4, -0.2) is 0 Å². The van der Waals surface area contributed by atoms with Crippen LogP contribution in [0.15, 0.2) is 39.9 Å². The lowest BCUT2D eigenvalue weighted by Gasteiger charge is -2.09. The summed E-state index contributed by atoms with van der Waals surface area (Å²) in [5, 5.41) is 0. The molecule has 0 radical (unpaired) electrons. The van der Waals surface area contributed by atoms with Gasteiger partial charge in [0.05, 0.1) is 0 Å². The highest BCUT2D eigenvalue weighted by Gasteiger charge is 2.24. The molecule has 76 valence electrons. The van der Waals surface area contributed by atoms with Gasteiger partial charge in [0.2, 0.25) is 11.5 Å². The number of hydrogen-bond acceptors (Lipinski definition) is 5. The number of ether oxygens (including phenoxy) is 1. The third-order valence-electron chi connectivity index (χ3n) is 1.91. The van der Waals surface area contributed by atoms with Crippen molar-refractivity contribution in [2.75, 3.05) is 0 Å². The molecule has 5 heteroatoms. The topological polar surface area (TPSA) is 78.6 Å². The van der Waals surface area contributed by atoms with Crippen molar-refractivity contribution in [3.8, 4) is 17.2 Å². The van der Waals surface area contributed by atoms with E-state index >= 15 is 0 Å². The maximum atomic E-state index is 11.1. The van der Waals surface area contributed by atoms with Gasteiger partial charge in [-0.3, -0.25) is 9.59 Å².